The molecule has 5 heteroatoms. The zero-order valence-corrected chi connectivity index (χ0v) is 12.3. The van der Waals surface area contributed by atoms with Crippen molar-refractivity contribution in [3.8, 4) is 5.75 Å². The number of aryl methyl sites for hydroxylation is 1. The van der Waals surface area contributed by atoms with Crippen molar-refractivity contribution in [2.45, 2.75) is 39.2 Å². The Morgan fingerprint density at radius 2 is 2.05 bits per heavy atom. The van der Waals surface area contributed by atoms with E-state index in [0.29, 0.717) is 17.5 Å². The first-order valence-corrected chi connectivity index (χ1v) is 6.54. The number of methoxy groups -OCH3 is 1. The van der Waals surface area contributed by atoms with Gasteiger partial charge >= 0.3 is 5.97 Å². The summed E-state index contributed by atoms with van der Waals surface area (Å²) < 4.78 is 4.75. The third-order valence-electron chi connectivity index (χ3n) is 3.23. The van der Waals surface area contributed by atoms with Crippen molar-refractivity contribution in [2.24, 2.45) is 0 Å². The minimum atomic E-state index is -1.05. The second-order valence-electron chi connectivity index (χ2n) is 5.03. The fourth-order valence-corrected chi connectivity index (χ4v) is 2.06. The van der Waals surface area contributed by atoms with Crippen LogP contribution in [0.25, 0.3) is 0 Å². The molecule has 0 aliphatic heterocycles. The minimum absolute atomic E-state index is 0.130. The number of phenolic OH excluding ortho intramolecular Hbond substituents is 1. The molecule has 0 aliphatic carbocycles. The Morgan fingerprint density at radius 3 is 2.55 bits per heavy atom. The molecule has 0 radical (unpaired) electrons. The van der Waals surface area contributed by atoms with Crippen LogP contribution in [0.5, 0.6) is 5.75 Å². The lowest BCUT2D eigenvalue weighted by atomic mass is 9.95. The normalized spacial score (nSPS) is 13.4. The standard InChI is InChI=1S/C15H21NO4/c1-5-8-15(3,14(19)20-4)16-13(18)11-6-7-12(17)10(2)9-11/h6-7,9,17H,5,8H2,1-4H3,(H,16,18). The zero-order valence-electron chi connectivity index (χ0n) is 12.3. The SMILES string of the molecule is CCCC(C)(NC(=O)c1ccc(O)c(C)c1)C(=O)OC. The van der Waals surface area contributed by atoms with Crippen molar-refractivity contribution >= 4 is 11.9 Å². The van der Waals surface area contributed by atoms with Crippen molar-refractivity contribution in [1.82, 2.24) is 5.32 Å². The number of carbonyl (C=O) groups excluding carboxylic acids is 2. The van der Waals surface area contributed by atoms with Crippen molar-refractivity contribution < 1.29 is 19.4 Å². The van der Waals surface area contributed by atoms with Crippen LogP contribution >= 0.6 is 0 Å². The van der Waals surface area contributed by atoms with Gasteiger partial charge < -0.3 is 15.2 Å². The number of benzene rings is 1. The summed E-state index contributed by atoms with van der Waals surface area (Å²) in [7, 11) is 1.30. The molecule has 0 saturated carbocycles. The Morgan fingerprint density at radius 1 is 1.40 bits per heavy atom. The number of carbonyl (C=O) groups is 2. The van der Waals surface area contributed by atoms with Crippen molar-refractivity contribution in [1.29, 1.82) is 0 Å². The number of amides is 1. The Kier molecular flexibility index (Phi) is 5.13. The average molecular weight is 279 g/mol. The number of aromatic hydroxyl groups is 1. The van der Waals surface area contributed by atoms with E-state index in [-0.39, 0.29) is 11.7 Å². The highest BCUT2D eigenvalue weighted by atomic mass is 16.5. The molecule has 0 bridgehead atoms. The lowest BCUT2D eigenvalue weighted by Gasteiger charge is -2.27. The minimum Gasteiger partial charge on any atom is -0.508 e. The number of ether oxygens (including phenoxy) is 1. The van der Waals surface area contributed by atoms with E-state index in [1.54, 1.807) is 19.9 Å². The molecule has 1 atom stereocenters. The first-order chi connectivity index (χ1) is 9.34. The molecule has 1 rings (SSSR count). The molecule has 2 N–H and O–H groups in total. The van der Waals surface area contributed by atoms with Gasteiger partial charge in [-0.3, -0.25) is 4.79 Å². The molecule has 0 spiro atoms. The van der Waals surface area contributed by atoms with E-state index in [2.05, 4.69) is 5.32 Å². The molecular weight excluding hydrogens is 258 g/mol. The van der Waals surface area contributed by atoms with Gasteiger partial charge in [-0.1, -0.05) is 13.3 Å². The molecule has 20 heavy (non-hydrogen) atoms. The largest absolute Gasteiger partial charge is 0.508 e. The second kappa shape index (κ2) is 6.41. The van der Waals surface area contributed by atoms with Gasteiger partial charge in [-0.2, -0.15) is 0 Å². The van der Waals surface area contributed by atoms with Gasteiger partial charge in [0.1, 0.15) is 11.3 Å². The van der Waals surface area contributed by atoms with E-state index in [1.165, 1.54) is 19.2 Å². The molecule has 1 amide bonds. The number of rotatable bonds is 5. The highest BCUT2D eigenvalue weighted by Gasteiger charge is 2.35. The zero-order chi connectivity index (χ0) is 15.3. The molecular formula is C15H21NO4. The summed E-state index contributed by atoms with van der Waals surface area (Å²) in [6.45, 7) is 5.28. The van der Waals surface area contributed by atoms with E-state index >= 15 is 0 Å². The van der Waals surface area contributed by atoms with Crippen LogP contribution in [0, 0.1) is 6.92 Å². The van der Waals surface area contributed by atoms with E-state index < -0.39 is 11.5 Å². The van der Waals surface area contributed by atoms with Crippen LogP contribution in [0.4, 0.5) is 0 Å². The molecule has 0 aromatic heterocycles. The number of phenols is 1. The van der Waals surface area contributed by atoms with Crippen molar-refractivity contribution in [2.75, 3.05) is 7.11 Å². The van der Waals surface area contributed by atoms with Gasteiger partial charge in [0.2, 0.25) is 0 Å². The third-order valence-corrected chi connectivity index (χ3v) is 3.23. The maximum atomic E-state index is 12.2. The molecule has 1 unspecified atom stereocenters. The Bertz CT molecular complexity index is 513. The molecule has 1 aromatic rings. The Hall–Kier alpha value is -2.04. The number of hydrogen-bond donors (Lipinski definition) is 2. The van der Waals surface area contributed by atoms with Crippen LogP contribution in [-0.2, 0) is 9.53 Å². The maximum absolute atomic E-state index is 12.2. The lowest BCUT2D eigenvalue weighted by molar-refractivity contribution is -0.147. The highest BCUT2D eigenvalue weighted by molar-refractivity contribution is 5.98. The van der Waals surface area contributed by atoms with Gasteiger partial charge in [0.25, 0.3) is 5.91 Å². The van der Waals surface area contributed by atoms with E-state index in [4.69, 9.17) is 4.74 Å². The van der Waals surface area contributed by atoms with Crippen LogP contribution in [0.15, 0.2) is 18.2 Å². The van der Waals surface area contributed by atoms with Crippen LogP contribution in [0.2, 0.25) is 0 Å². The molecule has 1 aromatic carbocycles. The number of hydrogen-bond acceptors (Lipinski definition) is 4. The van der Waals surface area contributed by atoms with Crippen LogP contribution in [0.3, 0.4) is 0 Å². The fraction of sp³-hybridized carbons (Fsp3) is 0.467. The van der Waals surface area contributed by atoms with Gasteiger partial charge in [-0.15, -0.1) is 0 Å². The van der Waals surface area contributed by atoms with Crippen molar-refractivity contribution in [3.05, 3.63) is 29.3 Å². The van der Waals surface area contributed by atoms with Gasteiger partial charge in [0, 0.05) is 5.56 Å². The van der Waals surface area contributed by atoms with Gasteiger partial charge in [0.15, 0.2) is 0 Å². The Balaban J connectivity index is 2.96. The molecule has 0 fully saturated rings. The van der Waals surface area contributed by atoms with E-state index in [1.807, 2.05) is 6.92 Å². The van der Waals surface area contributed by atoms with Gasteiger partial charge in [-0.05, 0) is 44.0 Å². The smallest absolute Gasteiger partial charge is 0.331 e. The third kappa shape index (κ3) is 3.50. The summed E-state index contributed by atoms with van der Waals surface area (Å²) in [4.78, 5) is 24.1. The van der Waals surface area contributed by atoms with Gasteiger partial charge in [-0.25, -0.2) is 4.79 Å². The second-order valence-corrected chi connectivity index (χ2v) is 5.03. The first kappa shape index (κ1) is 16.0. The summed E-state index contributed by atoms with van der Waals surface area (Å²) in [6, 6.07) is 4.55. The summed E-state index contributed by atoms with van der Waals surface area (Å²) in [6.07, 6.45) is 1.23. The average Bonchev–Trinajstić information content (AvgIpc) is 2.40. The van der Waals surface area contributed by atoms with Crippen LogP contribution in [-0.4, -0.2) is 29.6 Å². The number of esters is 1. The molecule has 5 nitrogen and oxygen atoms in total. The molecule has 0 heterocycles. The predicted octanol–water partition coefficient (Wildman–Crippen LogP) is 2.16. The van der Waals surface area contributed by atoms with E-state index in [0.717, 1.165) is 6.42 Å². The van der Waals surface area contributed by atoms with Crippen molar-refractivity contribution in [3.63, 3.8) is 0 Å². The molecule has 110 valence electrons. The Labute approximate surface area is 118 Å². The summed E-state index contributed by atoms with van der Waals surface area (Å²) >= 11 is 0. The van der Waals surface area contributed by atoms with Gasteiger partial charge in [0.05, 0.1) is 7.11 Å². The summed E-state index contributed by atoms with van der Waals surface area (Å²) in [5, 5.41) is 12.2. The van der Waals surface area contributed by atoms with E-state index in [9.17, 15) is 14.7 Å². The maximum Gasteiger partial charge on any atom is 0.331 e. The summed E-state index contributed by atoms with van der Waals surface area (Å²) in [5.74, 6) is -0.705. The highest BCUT2D eigenvalue weighted by Crippen LogP contribution is 2.19. The summed E-state index contributed by atoms with van der Waals surface area (Å²) in [5.41, 5.74) is -0.0497. The fourth-order valence-electron chi connectivity index (χ4n) is 2.06. The lowest BCUT2D eigenvalue weighted by Crippen LogP contribution is -2.52. The monoisotopic (exact) mass is 279 g/mol. The number of nitrogens with one attached hydrogen (secondary N) is 1. The first-order valence-electron chi connectivity index (χ1n) is 6.54. The quantitative estimate of drug-likeness (QED) is 0.810. The topological polar surface area (TPSA) is 75.6 Å². The van der Waals surface area contributed by atoms with Crippen LogP contribution < -0.4 is 5.32 Å². The molecule has 0 saturated heterocycles. The predicted molar refractivity (Wildman–Crippen MR) is 75.6 cm³/mol. The molecule has 0 aliphatic rings. The van der Waals surface area contributed by atoms with Crippen LogP contribution in [0.1, 0.15) is 42.6 Å².